The van der Waals surface area contributed by atoms with Crippen LogP contribution in [0.5, 0.6) is 0 Å². The number of rotatable bonds is 6. The van der Waals surface area contributed by atoms with Crippen molar-refractivity contribution in [2.75, 3.05) is 0 Å². The molecule has 2 N–H and O–H groups in total. The van der Waals surface area contributed by atoms with Gasteiger partial charge in [0.15, 0.2) is 0 Å². The first kappa shape index (κ1) is 21.3. The van der Waals surface area contributed by atoms with Crippen molar-refractivity contribution in [3.8, 4) is 11.3 Å². The van der Waals surface area contributed by atoms with E-state index in [1.54, 1.807) is 32.2 Å². The molecule has 3 rings (SSSR count). The molecule has 156 valence electrons. The first-order chi connectivity index (χ1) is 14.2. The zero-order valence-corrected chi connectivity index (χ0v) is 17.6. The normalized spacial score (nSPS) is 12.2. The zero-order valence-electron chi connectivity index (χ0n) is 16.8. The Kier molecular flexibility index (Phi) is 6.02. The summed E-state index contributed by atoms with van der Waals surface area (Å²) in [4.78, 5) is 23.7. The Morgan fingerprint density at radius 3 is 2.27 bits per heavy atom. The molecule has 0 unspecified atom stereocenters. The Bertz CT molecular complexity index is 1170. The van der Waals surface area contributed by atoms with Crippen LogP contribution in [0.4, 0.5) is 0 Å². The number of carbonyl (C=O) groups excluding carboxylic acids is 2. The van der Waals surface area contributed by atoms with E-state index in [4.69, 9.17) is 0 Å². The zero-order chi connectivity index (χ0) is 21.9. The van der Waals surface area contributed by atoms with Crippen molar-refractivity contribution in [3.63, 3.8) is 0 Å². The van der Waals surface area contributed by atoms with Gasteiger partial charge in [0, 0.05) is 19.5 Å². The number of aromatic nitrogens is 2. The number of nitrogens with one attached hydrogen (secondary N) is 2. The summed E-state index contributed by atoms with van der Waals surface area (Å²) in [6, 6.07) is 16.9. The number of amides is 2. The standard InChI is InChI=1S/C21H22N4O4S/c1-14(16-9-11-18(12-10-16)30(28,29)24-15(2)26)22-21(27)20-13-19(23-25(20)3)17-7-5-4-6-8-17/h4-14H,1-3H3,(H,22,27)(H,24,26)/t14-/m1/s1. The quantitative estimate of drug-likeness (QED) is 0.629. The van der Waals surface area contributed by atoms with Gasteiger partial charge in [-0.1, -0.05) is 42.5 Å². The molecule has 8 nitrogen and oxygen atoms in total. The van der Waals surface area contributed by atoms with E-state index >= 15 is 0 Å². The first-order valence-electron chi connectivity index (χ1n) is 9.21. The van der Waals surface area contributed by atoms with Gasteiger partial charge in [-0.3, -0.25) is 14.3 Å². The van der Waals surface area contributed by atoms with Gasteiger partial charge < -0.3 is 5.32 Å². The lowest BCUT2D eigenvalue weighted by Crippen LogP contribution is -2.29. The maximum Gasteiger partial charge on any atom is 0.270 e. The van der Waals surface area contributed by atoms with E-state index in [9.17, 15) is 18.0 Å². The molecule has 2 amide bonds. The fourth-order valence-electron chi connectivity index (χ4n) is 2.97. The molecule has 0 saturated heterocycles. The van der Waals surface area contributed by atoms with Crippen LogP contribution in [0.3, 0.4) is 0 Å². The van der Waals surface area contributed by atoms with E-state index in [0.717, 1.165) is 18.1 Å². The summed E-state index contributed by atoms with van der Waals surface area (Å²) in [5, 5.41) is 7.29. The van der Waals surface area contributed by atoms with Crippen LogP contribution in [0.1, 0.15) is 35.9 Å². The van der Waals surface area contributed by atoms with Crippen molar-refractivity contribution >= 4 is 21.8 Å². The Balaban J connectivity index is 1.73. The fraction of sp³-hybridized carbons (Fsp3) is 0.190. The minimum Gasteiger partial charge on any atom is -0.344 e. The number of sulfonamides is 1. The van der Waals surface area contributed by atoms with E-state index in [-0.39, 0.29) is 16.8 Å². The molecule has 1 aromatic heterocycles. The fourth-order valence-corrected chi connectivity index (χ4v) is 3.96. The summed E-state index contributed by atoms with van der Waals surface area (Å²) in [6.45, 7) is 2.93. The lowest BCUT2D eigenvalue weighted by molar-refractivity contribution is -0.117. The van der Waals surface area contributed by atoms with E-state index in [1.807, 2.05) is 35.1 Å². The maximum atomic E-state index is 12.7. The van der Waals surface area contributed by atoms with Gasteiger partial charge in [0.2, 0.25) is 5.91 Å². The predicted molar refractivity (Wildman–Crippen MR) is 112 cm³/mol. The van der Waals surface area contributed by atoms with Gasteiger partial charge in [-0.2, -0.15) is 5.10 Å². The highest BCUT2D eigenvalue weighted by Gasteiger charge is 2.19. The summed E-state index contributed by atoms with van der Waals surface area (Å²) in [7, 11) is -2.19. The molecule has 0 aliphatic rings. The summed E-state index contributed by atoms with van der Waals surface area (Å²) >= 11 is 0. The minimum atomic E-state index is -3.90. The highest BCUT2D eigenvalue weighted by atomic mass is 32.2. The van der Waals surface area contributed by atoms with Gasteiger partial charge in [-0.05, 0) is 30.7 Å². The predicted octanol–water partition coefficient (Wildman–Crippen LogP) is 2.40. The van der Waals surface area contributed by atoms with Crippen molar-refractivity contribution in [3.05, 3.63) is 71.9 Å². The Hall–Kier alpha value is -3.46. The molecule has 1 heterocycles. The van der Waals surface area contributed by atoms with Gasteiger partial charge in [-0.15, -0.1) is 0 Å². The molecule has 2 aromatic carbocycles. The third kappa shape index (κ3) is 4.74. The molecule has 0 bridgehead atoms. The third-order valence-electron chi connectivity index (χ3n) is 4.50. The summed E-state index contributed by atoms with van der Waals surface area (Å²) in [6.07, 6.45) is 0. The average molecular weight is 426 g/mol. The second-order valence-corrected chi connectivity index (χ2v) is 8.51. The van der Waals surface area contributed by atoms with Crippen LogP contribution < -0.4 is 10.0 Å². The second-order valence-electron chi connectivity index (χ2n) is 6.83. The molecular formula is C21H22N4O4S. The van der Waals surface area contributed by atoms with Gasteiger partial charge in [-0.25, -0.2) is 13.1 Å². The number of nitrogens with zero attached hydrogens (tertiary/aromatic N) is 2. The highest BCUT2D eigenvalue weighted by molar-refractivity contribution is 7.90. The van der Waals surface area contributed by atoms with Gasteiger partial charge in [0.1, 0.15) is 5.69 Å². The Labute approximate surface area is 175 Å². The largest absolute Gasteiger partial charge is 0.344 e. The molecule has 0 spiro atoms. The number of hydrogen-bond donors (Lipinski definition) is 2. The molecule has 0 saturated carbocycles. The van der Waals surface area contributed by atoms with Crippen LogP contribution in [0.15, 0.2) is 65.6 Å². The molecule has 3 aromatic rings. The van der Waals surface area contributed by atoms with E-state index in [0.29, 0.717) is 11.4 Å². The molecule has 9 heteroatoms. The van der Waals surface area contributed by atoms with Crippen molar-refractivity contribution in [1.29, 1.82) is 0 Å². The van der Waals surface area contributed by atoms with Gasteiger partial charge in [0.25, 0.3) is 15.9 Å². The van der Waals surface area contributed by atoms with Crippen LogP contribution in [-0.2, 0) is 21.9 Å². The van der Waals surface area contributed by atoms with Crippen molar-refractivity contribution < 1.29 is 18.0 Å². The van der Waals surface area contributed by atoms with Crippen LogP contribution in [0.2, 0.25) is 0 Å². The first-order valence-corrected chi connectivity index (χ1v) is 10.7. The van der Waals surface area contributed by atoms with Crippen molar-refractivity contribution in [2.24, 2.45) is 7.05 Å². The third-order valence-corrected chi connectivity index (χ3v) is 5.95. The lowest BCUT2D eigenvalue weighted by atomic mass is 10.1. The van der Waals surface area contributed by atoms with E-state index in [1.165, 1.54) is 16.8 Å². The topological polar surface area (TPSA) is 110 Å². The van der Waals surface area contributed by atoms with Crippen molar-refractivity contribution in [1.82, 2.24) is 19.8 Å². The smallest absolute Gasteiger partial charge is 0.270 e. The van der Waals surface area contributed by atoms with Gasteiger partial charge >= 0.3 is 0 Å². The number of aryl methyl sites for hydroxylation is 1. The molecular weight excluding hydrogens is 404 g/mol. The van der Waals surface area contributed by atoms with Crippen molar-refractivity contribution in [2.45, 2.75) is 24.8 Å². The Morgan fingerprint density at radius 1 is 1.03 bits per heavy atom. The monoisotopic (exact) mass is 426 g/mol. The highest BCUT2D eigenvalue weighted by Crippen LogP contribution is 2.20. The number of carbonyl (C=O) groups is 2. The van der Waals surface area contributed by atoms with E-state index < -0.39 is 15.9 Å². The lowest BCUT2D eigenvalue weighted by Gasteiger charge is -2.15. The van der Waals surface area contributed by atoms with Crippen LogP contribution >= 0.6 is 0 Å². The van der Waals surface area contributed by atoms with Crippen LogP contribution in [-0.4, -0.2) is 30.0 Å². The summed E-state index contributed by atoms with van der Waals surface area (Å²) in [5.74, 6) is -0.958. The molecule has 0 aliphatic carbocycles. The molecule has 0 aliphatic heterocycles. The Morgan fingerprint density at radius 2 is 1.67 bits per heavy atom. The molecule has 0 fully saturated rings. The summed E-state index contributed by atoms with van der Waals surface area (Å²) < 4.78 is 27.5. The number of hydrogen-bond acceptors (Lipinski definition) is 5. The molecule has 0 radical (unpaired) electrons. The van der Waals surface area contributed by atoms with Gasteiger partial charge in [0.05, 0.1) is 16.6 Å². The number of benzene rings is 2. The second kappa shape index (κ2) is 8.50. The molecule has 1 atom stereocenters. The average Bonchev–Trinajstić information content (AvgIpc) is 3.09. The van der Waals surface area contributed by atoms with Crippen LogP contribution in [0.25, 0.3) is 11.3 Å². The van der Waals surface area contributed by atoms with Crippen LogP contribution in [0, 0.1) is 0 Å². The SMILES string of the molecule is CC(=O)NS(=O)(=O)c1ccc([C@@H](C)NC(=O)c2cc(-c3ccccc3)nn2C)cc1. The summed E-state index contributed by atoms with van der Waals surface area (Å²) in [5.41, 5.74) is 2.74. The minimum absolute atomic E-state index is 0.0286. The molecule has 30 heavy (non-hydrogen) atoms. The maximum absolute atomic E-state index is 12.7. The van der Waals surface area contributed by atoms with E-state index in [2.05, 4.69) is 10.4 Å².